The van der Waals surface area contributed by atoms with Crippen molar-refractivity contribution >= 4 is 17.3 Å². The fourth-order valence-electron chi connectivity index (χ4n) is 2.48. The maximum atomic E-state index is 5.94. The molecule has 0 atom stereocenters. The van der Waals surface area contributed by atoms with Crippen LogP contribution in [0.1, 0.15) is 18.9 Å². The quantitative estimate of drug-likeness (QED) is 0.466. The van der Waals surface area contributed by atoms with Gasteiger partial charge in [0.15, 0.2) is 5.96 Å². The Morgan fingerprint density at radius 1 is 1.13 bits per heavy atom. The summed E-state index contributed by atoms with van der Waals surface area (Å²) in [4.78, 5) is 6.75. The smallest absolute Gasteiger partial charge is 0.193 e. The van der Waals surface area contributed by atoms with Crippen LogP contribution in [0.3, 0.4) is 0 Å². The molecule has 0 unspecified atom stereocenters. The number of anilines is 2. The van der Waals surface area contributed by atoms with Gasteiger partial charge in [-0.15, -0.1) is 0 Å². The monoisotopic (exact) mass is 310 g/mol. The third kappa shape index (κ3) is 5.66. The molecule has 0 aliphatic heterocycles. The number of nitrogens with zero attached hydrogens (tertiary/aromatic N) is 2. The fraction of sp³-hybridized carbons (Fsp3) is 0.316. The van der Waals surface area contributed by atoms with Crippen LogP contribution in [0.5, 0.6) is 0 Å². The lowest BCUT2D eigenvalue weighted by Gasteiger charge is -2.22. The van der Waals surface area contributed by atoms with Crippen LogP contribution in [0.25, 0.3) is 0 Å². The van der Waals surface area contributed by atoms with Crippen LogP contribution in [0.4, 0.5) is 11.4 Å². The number of para-hydroxylation sites is 1. The van der Waals surface area contributed by atoms with Crippen LogP contribution in [0.2, 0.25) is 0 Å². The summed E-state index contributed by atoms with van der Waals surface area (Å²) in [5.74, 6) is 0.471. The number of hydrogen-bond donors (Lipinski definition) is 2. The fourth-order valence-corrected chi connectivity index (χ4v) is 2.48. The van der Waals surface area contributed by atoms with Gasteiger partial charge >= 0.3 is 0 Å². The number of benzene rings is 2. The molecule has 4 nitrogen and oxygen atoms in total. The van der Waals surface area contributed by atoms with Gasteiger partial charge in [0.1, 0.15) is 0 Å². The van der Waals surface area contributed by atoms with Crippen LogP contribution in [0.15, 0.2) is 59.6 Å². The van der Waals surface area contributed by atoms with E-state index in [0.717, 1.165) is 25.2 Å². The SMILES string of the molecule is CCN(CCCN=C(N)Nc1cccc(C)c1)c1ccccc1. The summed E-state index contributed by atoms with van der Waals surface area (Å²) in [5, 5.41) is 3.13. The molecule has 0 radical (unpaired) electrons. The van der Waals surface area contributed by atoms with Crippen molar-refractivity contribution in [2.75, 3.05) is 29.9 Å². The summed E-state index contributed by atoms with van der Waals surface area (Å²) in [7, 11) is 0. The molecule has 0 heterocycles. The van der Waals surface area contributed by atoms with Gasteiger partial charge in [-0.25, -0.2) is 0 Å². The average Bonchev–Trinajstić information content (AvgIpc) is 2.56. The van der Waals surface area contributed by atoms with Gasteiger partial charge in [0, 0.05) is 31.0 Å². The Bertz CT molecular complexity index is 622. The minimum absolute atomic E-state index is 0.471. The van der Waals surface area contributed by atoms with E-state index in [4.69, 9.17) is 5.73 Å². The van der Waals surface area contributed by atoms with Gasteiger partial charge < -0.3 is 16.0 Å². The standard InChI is InChI=1S/C19H26N4/c1-3-23(18-11-5-4-6-12-18)14-8-13-21-19(20)22-17-10-7-9-16(2)15-17/h4-7,9-12,15H,3,8,13-14H2,1-2H3,(H3,20,21,22). The number of hydrogen-bond acceptors (Lipinski definition) is 2. The summed E-state index contributed by atoms with van der Waals surface area (Å²) in [6.45, 7) is 6.91. The summed E-state index contributed by atoms with van der Waals surface area (Å²) in [5.41, 5.74) is 9.37. The summed E-state index contributed by atoms with van der Waals surface area (Å²) in [6, 6.07) is 18.6. The van der Waals surface area contributed by atoms with E-state index in [2.05, 4.69) is 65.5 Å². The minimum Gasteiger partial charge on any atom is -0.372 e. The normalized spacial score (nSPS) is 11.3. The van der Waals surface area contributed by atoms with Gasteiger partial charge in [-0.2, -0.15) is 0 Å². The van der Waals surface area contributed by atoms with Crippen LogP contribution >= 0.6 is 0 Å². The number of nitrogens with one attached hydrogen (secondary N) is 1. The van der Waals surface area contributed by atoms with E-state index in [-0.39, 0.29) is 0 Å². The van der Waals surface area contributed by atoms with E-state index in [1.165, 1.54) is 11.3 Å². The zero-order chi connectivity index (χ0) is 16.5. The molecule has 3 N–H and O–H groups in total. The Kier molecular flexibility index (Phi) is 6.48. The second-order valence-corrected chi connectivity index (χ2v) is 5.53. The van der Waals surface area contributed by atoms with E-state index < -0.39 is 0 Å². The molecule has 0 saturated heterocycles. The van der Waals surface area contributed by atoms with Crippen LogP contribution in [-0.2, 0) is 0 Å². The number of aryl methyl sites for hydroxylation is 1. The molecule has 122 valence electrons. The molecule has 0 aliphatic carbocycles. The molecule has 0 saturated carbocycles. The number of aliphatic imine (C=N–C) groups is 1. The van der Waals surface area contributed by atoms with Gasteiger partial charge in [0.05, 0.1) is 0 Å². The summed E-state index contributed by atoms with van der Waals surface area (Å²) < 4.78 is 0. The molecular formula is C19H26N4. The zero-order valence-corrected chi connectivity index (χ0v) is 14.0. The predicted octanol–water partition coefficient (Wildman–Crippen LogP) is 3.64. The van der Waals surface area contributed by atoms with E-state index in [0.29, 0.717) is 12.5 Å². The second-order valence-electron chi connectivity index (χ2n) is 5.53. The lowest BCUT2D eigenvalue weighted by Crippen LogP contribution is -2.26. The first-order chi connectivity index (χ1) is 11.2. The highest BCUT2D eigenvalue weighted by atomic mass is 15.1. The molecule has 2 aromatic rings. The lowest BCUT2D eigenvalue weighted by molar-refractivity contribution is 0.755. The van der Waals surface area contributed by atoms with Crippen molar-refractivity contribution in [3.05, 3.63) is 60.2 Å². The second kappa shape index (κ2) is 8.83. The molecular weight excluding hydrogens is 284 g/mol. The highest BCUT2D eigenvalue weighted by Gasteiger charge is 2.02. The van der Waals surface area contributed by atoms with Gasteiger partial charge in [0.25, 0.3) is 0 Å². The van der Waals surface area contributed by atoms with Gasteiger partial charge in [0.2, 0.25) is 0 Å². The molecule has 0 aliphatic rings. The predicted molar refractivity (Wildman–Crippen MR) is 100 cm³/mol. The molecule has 0 aromatic heterocycles. The Morgan fingerprint density at radius 3 is 2.61 bits per heavy atom. The average molecular weight is 310 g/mol. The van der Waals surface area contributed by atoms with Crippen LogP contribution in [-0.4, -0.2) is 25.6 Å². The molecule has 0 bridgehead atoms. The molecule has 0 amide bonds. The van der Waals surface area contributed by atoms with Gasteiger partial charge in [-0.05, 0) is 50.1 Å². The Morgan fingerprint density at radius 2 is 1.91 bits per heavy atom. The number of rotatable bonds is 7. The largest absolute Gasteiger partial charge is 0.372 e. The van der Waals surface area contributed by atoms with Gasteiger partial charge in [-0.1, -0.05) is 30.3 Å². The highest BCUT2D eigenvalue weighted by Crippen LogP contribution is 2.13. The van der Waals surface area contributed by atoms with Crippen molar-refractivity contribution in [2.45, 2.75) is 20.3 Å². The molecule has 0 spiro atoms. The van der Waals surface area contributed by atoms with Crippen molar-refractivity contribution in [3.8, 4) is 0 Å². The van der Waals surface area contributed by atoms with Crippen molar-refractivity contribution in [1.82, 2.24) is 0 Å². The van der Waals surface area contributed by atoms with Gasteiger partial charge in [-0.3, -0.25) is 4.99 Å². The lowest BCUT2D eigenvalue weighted by atomic mass is 10.2. The molecule has 23 heavy (non-hydrogen) atoms. The van der Waals surface area contributed by atoms with E-state index in [1.807, 2.05) is 18.2 Å². The Labute approximate surface area is 139 Å². The molecule has 2 rings (SSSR count). The first-order valence-electron chi connectivity index (χ1n) is 8.12. The molecule has 4 heteroatoms. The van der Waals surface area contributed by atoms with Crippen LogP contribution in [0, 0.1) is 6.92 Å². The third-order valence-electron chi connectivity index (χ3n) is 3.66. The maximum Gasteiger partial charge on any atom is 0.193 e. The van der Waals surface area contributed by atoms with Crippen molar-refractivity contribution in [2.24, 2.45) is 10.7 Å². The highest BCUT2D eigenvalue weighted by molar-refractivity contribution is 5.92. The van der Waals surface area contributed by atoms with E-state index in [9.17, 15) is 0 Å². The topological polar surface area (TPSA) is 53.6 Å². The van der Waals surface area contributed by atoms with E-state index in [1.54, 1.807) is 0 Å². The maximum absolute atomic E-state index is 5.94. The Hall–Kier alpha value is -2.49. The first kappa shape index (κ1) is 16.9. The molecule has 2 aromatic carbocycles. The van der Waals surface area contributed by atoms with E-state index >= 15 is 0 Å². The number of guanidine groups is 1. The summed E-state index contributed by atoms with van der Waals surface area (Å²) >= 11 is 0. The van der Waals surface area contributed by atoms with Crippen molar-refractivity contribution < 1.29 is 0 Å². The minimum atomic E-state index is 0.471. The number of nitrogens with two attached hydrogens (primary N) is 1. The molecule has 0 fully saturated rings. The van der Waals surface area contributed by atoms with Crippen molar-refractivity contribution in [1.29, 1.82) is 0 Å². The zero-order valence-electron chi connectivity index (χ0n) is 14.0. The van der Waals surface area contributed by atoms with Crippen molar-refractivity contribution in [3.63, 3.8) is 0 Å². The first-order valence-corrected chi connectivity index (χ1v) is 8.12. The summed E-state index contributed by atoms with van der Waals surface area (Å²) in [6.07, 6.45) is 0.971. The Balaban J connectivity index is 1.79. The third-order valence-corrected chi connectivity index (χ3v) is 3.66. The van der Waals surface area contributed by atoms with Crippen LogP contribution < -0.4 is 16.0 Å².